The van der Waals surface area contributed by atoms with Crippen molar-refractivity contribution in [1.29, 1.82) is 0 Å². The highest BCUT2D eigenvalue weighted by atomic mass is 32.2. The lowest BCUT2D eigenvalue weighted by Gasteiger charge is -2.30. The molecule has 16 heteroatoms. The van der Waals surface area contributed by atoms with E-state index in [0.717, 1.165) is 12.8 Å². The molecule has 1 aliphatic carbocycles. The van der Waals surface area contributed by atoms with E-state index in [1.165, 1.54) is 11.8 Å². The summed E-state index contributed by atoms with van der Waals surface area (Å²) in [5.41, 5.74) is 0. The number of alkyl halides is 3. The van der Waals surface area contributed by atoms with E-state index in [0.29, 0.717) is 13.2 Å². The molecule has 1 saturated heterocycles. The van der Waals surface area contributed by atoms with E-state index in [2.05, 4.69) is 25.3 Å². The van der Waals surface area contributed by atoms with Crippen LogP contribution in [0.5, 0.6) is 0 Å². The number of hydrogen-bond acceptors (Lipinski definition) is 9. The summed E-state index contributed by atoms with van der Waals surface area (Å²) in [5.74, 6) is -4.04. The topological polar surface area (TPSA) is 164 Å². The Morgan fingerprint density at radius 3 is 2.43 bits per heavy atom. The third-order valence-corrected chi connectivity index (χ3v) is 7.44. The first kappa shape index (κ1) is 27.1. The molecular formula is C19H28F3N5O7S. The third-order valence-electron chi connectivity index (χ3n) is 5.62. The molecule has 1 aromatic heterocycles. The summed E-state index contributed by atoms with van der Waals surface area (Å²) >= 11 is 0. The van der Waals surface area contributed by atoms with Gasteiger partial charge in [0.2, 0.25) is 11.7 Å². The number of hydrogen-bond donors (Lipinski definition) is 3. The number of carbonyl (C=O) groups excluding carboxylic acids is 2. The van der Waals surface area contributed by atoms with Gasteiger partial charge in [-0.05, 0) is 25.2 Å². The second-order valence-corrected chi connectivity index (χ2v) is 10.7. The number of nitrogens with zero attached hydrogens (tertiary/aromatic N) is 3. The van der Waals surface area contributed by atoms with Crippen LogP contribution in [0.1, 0.15) is 44.0 Å². The number of nitrogens with one attached hydrogen (secondary N) is 2. The number of halogens is 3. The number of urea groups is 1. The molecule has 0 radical (unpaired) electrons. The van der Waals surface area contributed by atoms with Crippen molar-refractivity contribution < 1.29 is 45.5 Å². The normalized spacial score (nSPS) is 19.6. The maximum atomic E-state index is 13.0. The minimum absolute atomic E-state index is 0.0185. The van der Waals surface area contributed by atoms with Crippen LogP contribution in [0.3, 0.4) is 0 Å². The lowest BCUT2D eigenvalue weighted by molar-refractivity contribution is -0.159. The molecule has 2 fully saturated rings. The summed E-state index contributed by atoms with van der Waals surface area (Å²) in [6.07, 6.45) is -5.12. The largest absolute Gasteiger partial charge is 0.471 e. The minimum Gasteiger partial charge on any atom is -0.383 e. The quantitative estimate of drug-likeness (QED) is 0.387. The Labute approximate surface area is 199 Å². The first-order chi connectivity index (χ1) is 16.4. The number of morpholine rings is 1. The fraction of sp³-hybridized carbons (Fsp3) is 0.789. The summed E-state index contributed by atoms with van der Waals surface area (Å²) in [5, 5.41) is 18.4. The summed E-state index contributed by atoms with van der Waals surface area (Å²) in [4.78, 5) is 30.2. The molecule has 0 bridgehead atoms. The van der Waals surface area contributed by atoms with Gasteiger partial charge in [-0.1, -0.05) is 12.1 Å². The number of ether oxygens (including phenoxy) is 1. The summed E-state index contributed by atoms with van der Waals surface area (Å²) < 4.78 is 72.7. The maximum absolute atomic E-state index is 13.0. The van der Waals surface area contributed by atoms with E-state index < -0.39 is 63.6 Å². The van der Waals surface area contributed by atoms with Gasteiger partial charge < -0.3 is 29.9 Å². The first-order valence-corrected chi connectivity index (χ1v) is 12.9. The van der Waals surface area contributed by atoms with Gasteiger partial charge in [0.15, 0.2) is 9.84 Å². The Kier molecular flexibility index (Phi) is 8.58. The van der Waals surface area contributed by atoms with Crippen molar-refractivity contribution in [2.45, 2.75) is 50.6 Å². The molecular weight excluding hydrogens is 499 g/mol. The summed E-state index contributed by atoms with van der Waals surface area (Å²) in [6.45, 7) is 2.62. The van der Waals surface area contributed by atoms with Crippen LogP contribution in [0.25, 0.3) is 0 Å². The molecule has 198 valence electrons. The molecule has 1 unspecified atom stereocenters. The van der Waals surface area contributed by atoms with E-state index in [1.807, 2.05) is 0 Å². The van der Waals surface area contributed by atoms with Crippen molar-refractivity contribution >= 4 is 21.8 Å². The predicted octanol–water partition coefficient (Wildman–Crippen LogP) is 0.252. The molecule has 1 aromatic rings. The second-order valence-electron chi connectivity index (χ2n) is 8.55. The summed E-state index contributed by atoms with van der Waals surface area (Å²) in [7, 11) is -3.71. The standard InChI is InChI=1S/C19H28F3N5O7S/c1-2-12(14(28)15-25-17(34-26-15)19(20,21)22)23-16(29)13(10-35(31,32)9-11-3-4-11)24-18(30)27-5-7-33-8-6-27/h11-14,28H,2-10H2,1H3,(H,23,29)(H,24,30)/t12-,13?,14+/m1/s1. The van der Waals surface area contributed by atoms with Crippen LogP contribution >= 0.6 is 0 Å². The van der Waals surface area contributed by atoms with Crippen LogP contribution < -0.4 is 10.6 Å². The number of amides is 3. The Morgan fingerprint density at radius 1 is 1.23 bits per heavy atom. The molecule has 0 spiro atoms. The Bertz CT molecular complexity index is 993. The van der Waals surface area contributed by atoms with Crippen LogP contribution in [0.2, 0.25) is 0 Å². The SMILES string of the molecule is CC[C@@H](NC(=O)C(CS(=O)(=O)CC1CC1)NC(=O)N1CCOCC1)[C@H](O)c1noc(C(F)(F)F)n1. The number of sulfone groups is 1. The number of aliphatic hydroxyl groups is 1. The Morgan fingerprint density at radius 2 is 1.89 bits per heavy atom. The van der Waals surface area contributed by atoms with Crippen LogP contribution in [0.4, 0.5) is 18.0 Å². The maximum Gasteiger partial charge on any atom is 0.471 e. The van der Waals surface area contributed by atoms with Crippen molar-refractivity contribution in [1.82, 2.24) is 25.7 Å². The highest BCUT2D eigenvalue weighted by Gasteiger charge is 2.40. The van der Waals surface area contributed by atoms with Gasteiger partial charge in [-0.15, -0.1) is 0 Å². The van der Waals surface area contributed by atoms with Crippen molar-refractivity contribution in [2.75, 3.05) is 37.8 Å². The molecule has 12 nitrogen and oxygen atoms in total. The van der Waals surface area contributed by atoms with Gasteiger partial charge in [-0.3, -0.25) is 4.79 Å². The van der Waals surface area contributed by atoms with E-state index in [4.69, 9.17) is 4.74 Å². The van der Waals surface area contributed by atoms with Crippen LogP contribution in [-0.4, -0.2) is 90.4 Å². The lowest BCUT2D eigenvalue weighted by Crippen LogP contribution is -2.57. The van der Waals surface area contributed by atoms with E-state index in [1.54, 1.807) is 0 Å². The zero-order valence-corrected chi connectivity index (χ0v) is 19.8. The average molecular weight is 528 g/mol. The molecule has 3 atom stereocenters. The smallest absolute Gasteiger partial charge is 0.383 e. The highest BCUT2D eigenvalue weighted by molar-refractivity contribution is 7.91. The Hall–Kier alpha value is -2.46. The van der Waals surface area contributed by atoms with E-state index >= 15 is 0 Å². The monoisotopic (exact) mass is 527 g/mol. The van der Waals surface area contributed by atoms with Crippen LogP contribution in [0, 0.1) is 5.92 Å². The van der Waals surface area contributed by atoms with Crippen LogP contribution in [-0.2, 0) is 25.5 Å². The molecule has 1 aliphatic heterocycles. The molecule has 1 saturated carbocycles. The Balaban J connectivity index is 1.72. The number of carbonyl (C=O) groups is 2. The van der Waals surface area contributed by atoms with Crippen molar-refractivity contribution in [3.63, 3.8) is 0 Å². The fourth-order valence-electron chi connectivity index (χ4n) is 3.49. The second kappa shape index (κ2) is 11.1. The van der Waals surface area contributed by atoms with Gasteiger partial charge in [-0.25, -0.2) is 13.2 Å². The number of aromatic nitrogens is 2. The van der Waals surface area contributed by atoms with Gasteiger partial charge >= 0.3 is 18.1 Å². The predicted molar refractivity (Wildman–Crippen MR) is 113 cm³/mol. The third kappa shape index (κ3) is 7.76. The van der Waals surface area contributed by atoms with Gasteiger partial charge in [0.05, 0.1) is 30.8 Å². The fourth-order valence-corrected chi connectivity index (χ4v) is 5.42. The molecule has 2 aliphatic rings. The van der Waals surface area contributed by atoms with Crippen molar-refractivity contribution in [2.24, 2.45) is 5.92 Å². The average Bonchev–Trinajstić information content (AvgIpc) is 3.44. The molecule has 3 rings (SSSR count). The van der Waals surface area contributed by atoms with Gasteiger partial charge in [-0.2, -0.15) is 18.2 Å². The van der Waals surface area contributed by atoms with Gasteiger partial charge in [0.1, 0.15) is 12.1 Å². The number of aliphatic hydroxyl groups excluding tert-OH is 1. The van der Waals surface area contributed by atoms with Crippen molar-refractivity contribution in [3.8, 4) is 0 Å². The zero-order chi connectivity index (χ0) is 25.8. The molecule has 0 aromatic carbocycles. The molecule has 2 heterocycles. The molecule has 35 heavy (non-hydrogen) atoms. The highest BCUT2D eigenvalue weighted by Crippen LogP contribution is 2.31. The van der Waals surface area contributed by atoms with E-state index in [-0.39, 0.29) is 31.2 Å². The number of rotatable bonds is 10. The first-order valence-electron chi connectivity index (χ1n) is 11.1. The zero-order valence-electron chi connectivity index (χ0n) is 19.0. The van der Waals surface area contributed by atoms with Crippen LogP contribution in [0.15, 0.2) is 4.52 Å². The summed E-state index contributed by atoms with van der Waals surface area (Å²) in [6, 6.07) is -3.34. The lowest BCUT2D eigenvalue weighted by atomic mass is 10.1. The minimum atomic E-state index is -4.92. The van der Waals surface area contributed by atoms with E-state index in [9.17, 15) is 36.3 Å². The molecule has 3 N–H and O–H groups in total. The van der Waals surface area contributed by atoms with Gasteiger partial charge in [0, 0.05) is 13.1 Å². The van der Waals surface area contributed by atoms with Gasteiger partial charge in [0.25, 0.3) is 0 Å². The molecule has 3 amide bonds. The van der Waals surface area contributed by atoms with Crippen molar-refractivity contribution in [3.05, 3.63) is 11.7 Å².